The Morgan fingerprint density at radius 3 is 2.17 bits per heavy atom. The molecule has 3 atom stereocenters. The Morgan fingerprint density at radius 2 is 1.54 bits per heavy atom. The number of rotatable bonds is 7. The number of fused-ring (bicyclic) bond motifs is 1. The molecule has 3 aromatic rings. The van der Waals surface area contributed by atoms with Crippen molar-refractivity contribution in [3.05, 3.63) is 84.4 Å². The van der Waals surface area contributed by atoms with Gasteiger partial charge in [-0.3, -0.25) is 14.4 Å². The SMILES string of the molecule is CCCOc1ccc(N2C(=O)C3ON(c4ccccc4)C(c4ccc(N(C)C)cc4)C3C2=O)cc1. The van der Waals surface area contributed by atoms with Gasteiger partial charge in [0.15, 0.2) is 6.10 Å². The molecule has 3 aromatic carbocycles. The van der Waals surface area contributed by atoms with Crippen LogP contribution in [0.25, 0.3) is 0 Å². The minimum atomic E-state index is -0.891. The highest BCUT2D eigenvalue weighted by molar-refractivity contribution is 6.23. The second-order valence-electron chi connectivity index (χ2n) is 9.00. The summed E-state index contributed by atoms with van der Waals surface area (Å²) in [4.78, 5) is 36.7. The normalized spacial score (nSPS) is 21.4. The molecule has 2 heterocycles. The van der Waals surface area contributed by atoms with Crippen molar-refractivity contribution >= 4 is 28.9 Å². The Morgan fingerprint density at radius 1 is 0.857 bits per heavy atom. The second kappa shape index (κ2) is 9.43. The summed E-state index contributed by atoms with van der Waals surface area (Å²) < 4.78 is 5.64. The van der Waals surface area contributed by atoms with Gasteiger partial charge in [-0.1, -0.05) is 37.3 Å². The first-order valence-electron chi connectivity index (χ1n) is 11.9. The molecule has 0 radical (unpaired) electrons. The molecule has 5 rings (SSSR count). The molecular weight excluding hydrogens is 442 g/mol. The van der Waals surface area contributed by atoms with Gasteiger partial charge in [0, 0.05) is 19.8 Å². The van der Waals surface area contributed by atoms with Crippen molar-refractivity contribution in [1.29, 1.82) is 0 Å². The zero-order valence-corrected chi connectivity index (χ0v) is 20.1. The molecule has 7 nitrogen and oxygen atoms in total. The van der Waals surface area contributed by atoms with Crippen molar-refractivity contribution < 1.29 is 19.2 Å². The van der Waals surface area contributed by atoms with Crippen LogP contribution in [0, 0.1) is 5.92 Å². The summed E-state index contributed by atoms with van der Waals surface area (Å²) in [5.74, 6) is -0.568. The molecule has 7 heteroatoms. The fraction of sp³-hybridized carbons (Fsp3) is 0.286. The first-order valence-corrected chi connectivity index (χ1v) is 11.9. The fourth-order valence-corrected chi connectivity index (χ4v) is 4.69. The minimum Gasteiger partial charge on any atom is -0.494 e. The first-order chi connectivity index (χ1) is 17.0. The Labute approximate surface area is 205 Å². The van der Waals surface area contributed by atoms with E-state index in [0.717, 1.165) is 23.4 Å². The van der Waals surface area contributed by atoms with Gasteiger partial charge in [-0.15, -0.1) is 0 Å². The molecule has 35 heavy (non-hydrogen) atoms. The summed E-state index contributed by atoms with van der Waals surface area (Å²) in [6, 6.07) is 24.3. The Bertz CT molecular complexity index is 1200. The molecule has 0 bridgehead atoms. The molecular formula is C28H29N3O4. The number of carbonyl (C=O) groups excluding carboxylic acids is 2. The lowest BCUT2D eigenvalue weighted by Crippen LogP contribution is -2.37. The lowest BCUT2D eigenvalue weighted by molar-refractivity contribution is -0.126. The maximum Gasteiger partial charge on any atom is 0.266 e. The number of hydrogen-bond donors (Lipinski definition) is 0. The number of amides is 2. The van der Waals surface area contributed by atoms with E-state index in [-0.39, 0.29) is 11.8 Å². The van der Waals surface area contributed by atoms with Gasteiger partial charge in [0.25, 0.3) is 5.91 Å². The third kappa shape index (κ3) is 4.12. The fourth-order valence-electron chi connectivity index (χ4n) is 4.69. The average Bonchev–Trinajstić information content (AvgIpc) is 3.39. The highest BCUT2D eigenvalue weighted by Gasteiger charge is 2.60. The van der Waals surface area contributed by atoms with Crippen LogP contribution < -0.4 is 19.6 Å². The Balaban J connectivity index is 1.49. The van der Waals surface area contributed by atoms with Gasteiger partial charge >= 0.3 is 0 Å². The highest BCUT2D eigenvalue weighted by Crippen LogP contribution is 2.47. The van der Waals surface area contributed by atoms with E-state index in [1.165, 1.54) is 4.90 Å². The van der Waals surface area contributed by atoms with E-state index in [4.69, 9.17) is 9.57 Å². The first kappa shape index (κ1) is 22.9. The molecule has 2 aliphatic rings. The van der Waals surface area contributed by atoms with Gasteiger partial charge in [0.2, 0.25) is 5.91 Å². The van der Waals surface area contributed by atoms with Crippen LogP contribution in [0.15, 0.2) is 78.9 Å². The number of anilines is 3. The van der Waals surface area contributed by atoms with Crippen LogP contribution in [0.5, 0.6) is 5.75 Å². The number of nitrogens with zero attached hydrogens (tertiary/aromatic N) is 3. The molecule has 2 amide bonds. The Hall–Kier alpha value is -3.84. The second-order valence-corrected chi connectivity index (χ2v) is 9.00. The average molecular weight is 472 g/mol. The smallest absolute Gasteiger partial charge is 0.266 e. The molecule has 2 saturated heterocycles. The van der Waals surface area contributed by atoms with Crippen LogP contribution in [0.1, 0.15) is 24.9 Å². The molecule has 0 spiro atoms. The number of para-hydroxylation sites is 1. The summed E-state index contributed by atoms with van der Waals surface area (Å²) in [5, 5.41) is 1.72. The predicted octanol–water partition coefficient (Wildman–Crippen LogP) is 4.59. The van der Waals surface area contributed by atoms with Gasteiger partial charge < -0.3 is 9.64 Å². The number of hydroxylamine groups is 1. The largest absolute Gasteiger partial charge is 0.494 e. The summed E-state index contributed by atoms with van der Waals surface area (Å²) in [7, 11) is 3.96. The lowest BCUT2D eigenvalue weighted by atomic mass is 9.90. The summed E-state index contributed by atoms with van der Waals surface area (Å²) >= 11 is 0. The van der Waals surface area contributed by atoms with Gasteiger partial charge in [-0.2, -0.15) is 0 Å². The van der Waals surface area contributed by atoms with Crippen molar-refractivity contribution in [2.24, 2.45) is 5.92 Å². The van der Waals surface area contributed by atoms with Crippen molar-refractivity contribution in [2.45, 2.75) is 25.5 Å². The van der Waals surface area contributed by atoms with E-state index in [9.17, 15) is 9.59 Å². The van der Waals surface area contributed by atoms with Crippen LogP contribution in [-0.4, -0.2) is 38.6 Å². The van der Waals surface area contributed by atoms with Crippen LogP contribution in [-0.2, 0) is 14.4 Å². The molecule has 0 aromatic heterocycles. The standard InChI is InChI=1S/C28H29N3O4/c1-4-18-34-23-16-14-21(15-17-23)30-27(32)24-25(19-10-12-20(13-11-19)29(2)3)31(35-26(24)28(30)33)22-8-6-5-7-9-22/h5-17,24-26H,4,18H2,1-3H3. The van der Waals surface area contributed by atoms with Gasteiger partial charge in [-0.25, -0.2) is 9.96 Å². The highest BCUT2D eigenvalue weighted by atomic mass is 16.7. The zero-order valence-electron chi connectivity index (χ0n) is 20.1. The molecule has 2 aliphatic heterocycles. The van der Waals surface area contributed by atoms with Crippen molar-refractivity contribution in [3.63, 3.8) is 0 Å². The van der Waals surface area contributed by atoms with Gasteiger partial charge in [0.1, 0.15) is 11.7 Å². The quantitative estimate of drug-likeness (QED) is 0.470. The number of ether oxygens (including phenoxy) is 1. The van der Waals surface area contributed by atoms with E-state index in [1.807, 2.05) is 80.5 Å². The van der Waals surface area contributed by atoms with Crippen LogP contribution >= 0.6 is 0 Å². The van der Waals surface area contributed by atoms with Gasteiger partial charge in [-0.05, 0) is 60.5 Å². The van der Waals surface area contributed by atoms with Crippen LogP contribution in [0.3, 0.4) is 0 Å². The molecule has 0 saturated carbocycles. The van der Waals surface area contributed by atoms with Gasteiger partial charge in [0.05, 0.1) is 24.0 Å². The topological polar surface area (TPSA) is 62.3 Å². The van der Waals surface area contributed by atoms with E-state index in [0.29, 0.717) is 18.0 Å². The monoisotopic (exact) mass is 471 g/mol. The van der Waals surface area contributed by atoms with Crippen molar-refractivity contribution in [3.8, 4) is 5.75 Å². The predicted molar refractivity (Wildman–Crippen MR) is 136 cm³/mol. The van der Waals surface area contributed by atoms with Crippen LogP contribution in [0.2, 0.25) is 0 Å². The third-order valence-corrected chi connectivity index (χ3v) is 6.44. The lowest BCUT2D eigenvalue weighted by Gasteiger charge is -2.29. The van der Waals surface area contributed by atoms with Crippen molar-refractivity contribution in [2.75, 3.05) is 35.6 Å². The minimum absolute atomic E-state index is 0.262. The molecule has 0 aliphatic carbocycles. The van der Waals surface area contributed by atoms with Crippen LogP contribution in [0.4, 0.5) is 17.1 Å². The zero-order chi connectivity index (χ0) is 24.5. The summed E-state index contributed by atoms with van der Waals surface area (Å²) in [5.41, 5.74) is 3.29. The summed E-state index contributed by atoms with van der Waals surface area (Å²) in [6.07, 6.45) is 0.0117. The Kier molecular flexibility index (Phi) is 6.17. The maximum atomic E-state index is 13.7. The molecule has 180 valence electrons. The molecule has 3 unspecified atom stereocenters. The van der Waals surface area contributed by atoms with E-state index >= 15 is 0 Å². The number of imide groups is 1. The van der Waals surface area contributed by atoms with E-state index in [2.05, 4.69) is 0 Å². The number of benzene rings is 3. The number of hydrogen-bond acceptors (Lipinski definition) is 6. The molecule has 0 N–H and O–H groups in total. The maximum absolute atomic E-state index is 13.7. The van der Waals surface area contributed by atoms with E-state index < -0.39 is 18.1 Å². The number of carbonyl (C=O) groups is 2. The van der Waals surface area contributed by atoms with Crippen molar-refractivity contribution in [1.82, 2.24) is 0 Å². The third-order valence-electron chi connectivity index (χ3n) is 6.44. The molecule has 2 fully saturated rings. The summed E-state index contributed by atoms with van der Waals surface area (Å²) in [6.45, 7) is 2.65. The van der Waals surface area contributed by atoms with E-state index in [1.54, 1.807) is 29.3 Å².